The number of benzene rings is 2. The number of carbonyl (C=O) groups is 2. The number of rotatable bonds is 4. The minimum Gasteiger partial charge on any atom is -0.497 e. The van der Waals surface area contributed by atoms with Crippen LogP contribution in [0.25, 0.3) is 15.7 Å². The number of fused-ring (bicyclic) bond motifs is 2. The van der Waals surface area contributed by atoms with Crippen molar-refractivity contribution in [2.75, 3.05) is 7.11 Å². The number of nitrogens with one attached hydrogen (secondary N) is 1. The van der Waals surface area contributed by atoms with Crippen molar-refractivity contribution >= 4 is 39.0 Å². The first-order valence-electron chi connectivity index (χ1n) is 9.57. The fourth-order valence-corrected chi connectivity index (χ4v) is 4.57. The SMILES string of the molecule is COc1ccc2cc([C@]3(C)NC(=O)N(Cc4cc(=O)n5ccsc5n4)C3=O)ccc2c1. The third kappa shape index (κ3) is 3.05. The third-order valence-corrected chi connectivity index (χ3v) is 6.33. The Bertz CT molecular complexity index is 1430. The van der Waals surface area contributed by atoms with E-state index >= 15 is 0 Å². The topological polar surface area (TPSA) is 93.0 Å². The number of hydrogen-bond acceptors (Lipinski definition) is 6. The zero-order chi connectivity index (χ0) is 21.8. The predicted octanol–water partition coefficient (Wildman–Crippen LogP) is 2.89. The van der Waals surface area contributed by atoms with Gasteiger partial charge in [-0.3, -0.25) is 18.9 Å². The molecule has 8 nitrogen and oxygen atoms in total. The average molecular weight is 434 g/mol. The maximum atomic E-state index is 13.3. The lowest BCUT2D eigenvalue weighted by molar-refractivity contribution is -0.131. The van der Waals surface area contributed by atoms with E-state index in [-0.39, 0.29) is 12.1 Å². The standard InChI is InChI=1S/C22H18N4O4S/c1-22(15-5-3-14-10-17(30-2)6-4-13(14)9-15)19(28)26(20(29)24-22)12-16-11-18(27)25-7-8-31-21(25)23-16/h3-11H,12H2,1-2H3,(H,24,29)/t22-/m0/s1. The summed E-state index contributed by atoms with van der Waals surface area (Å²) in [6.07, 6.45) is 1.64. The van der Waals surface area contributed by atoms with Gasteiger partial charge >= 0.3 is 6.03 Å². The Kier molecular flexibility index (Phi) is 4.30. The van der Waals surface area contributed by atoms with Gasteiger partial charge in [0.15, 0.2) is 4.96 Å². The minimum absolute atomic E-state index is 0.0747. The van der Waals surface area contributed by atoms with Crippen LogP contribution in [0.2, 0.25) is 0 Å². The maximum Gasteiger partial charge on any atom is 0.325 e. The molecular weight excluding hydrogens is 416 g/mol. The van der Waals surface area contributed by atoms with E-state index < -0.39 is 17.5 Å². The second-order valence-corrected chi connectivity index (χ2v) is 8.39. The van der Waals surface area contributed by atoms with E-state index in [0.29, 0.717) is 16.2 Å². The van der Waals surface area contributed by atoms with Gasteiger partial charge in [0.2, 0.25) is 0 Å². The number of ether oxygens (including phenoxy) is 1. The second-order valence-electron chi connectivity index (χ2n) is 7.52. The Morgan fingerprint density at radius 3 is 2.68 bits per heavy atom. The molecule has 9 heteroatoms. The van der Waals surface area contributed by atoms with E-state index in [0.717, 1.165) is 21.4 Å². The lowest BCUT2D eigenvalue weighted by atomic mass is 9.90. The van der Waals surface area contributed by atoms with Gasteiger partial charge in [0, 0.05) is 17.6 Å². The van der Waals surface area contributed by atoms with Gasteiger partial charge in [-0.2, -0.15) is 0 Å². The Morgan fingerprint density at radius 1 is 1.10 bits per heavy atom. The molecule has 3 amide bonds. The summed E-state index contributed by atoms with van der Waals surface area (Å²) in [4.78, 5) is 44.2. The number of nitrogens with zero attached hydrogens (tertiary/aromatic N) is 3. The van der Waals surface area contributed by atoms with Gasteiger partial charge in [0.1, 0.15) is 11.3 Å². The number of thiazole rings is 1. The van der Waals surface area contributed by atoms with Crippen LogP contribution in [0.3, 0.4) is 0 Å². The van der Waals surface area contributed by atoms with Crippen molar-refractivity contribution in [1.82, 2.24) is 19.6 Å². The number of aromatic nitrogens is 2. The van der Waals surface area contributed by atoms with Crippen LogP contribution < -0.4 is 15.6 Å². The quantitative estimate of drug-likeness (QED) is 0.499. The Hall–Kier alpha value is -3.72. The van der Waals surface area contributed by atoms with Gasteiger partial charge in [-0.25, -0.2) is 9.78 Å². The number of amides is 3. The van der Waals surface area contributed by atoms with Crippen LogP contribution in [-0.2, 0) is 16.9 Å². The molecule has 1 N–H and O–H groups in total. The maximum absolute atomic E-state index is 13.3. The molecule has 1 atom stereocenters. The van der Waals surface area contributed by atoms with Crippen LogP contribution >= 0.6 is 11.3 Å². The normalized spacial score (nSPS) is 18.7. The molecule has 4 aromatic rings. The van der Waals surface area contributed by atoms with Gasteiger partial charge < -0.3 is 10.1 Å². The third-order valence-electron chi connectivity index (χ3n) is 5.58. The van der Waals surface area contributed by atoms with Gasteiger partial charge in [-0.05, 0) is 41.5 Å². The van der Waals surface area contributed by atoms with E-state index in [1.54, 1.807) is 25.6 Å². The molecule has 1 fully saturated rings. The summed E-state index contributed by atoms with van der Waals surface area (Å²) < 4.78 is 6.68. The molecule has 156 valence electrons. The van der Waals surface area contributed by atoms with Crippen LogP contribution in [0, 0.1) is 0 Å². The zero-order valence-corrected chi connectivity index (χ0v) is 17.6. The van der Waals surface area contributed by atoms with Crippen molar-refractivity contribution < 1.29 is 14.3 Å². The number of hydrogen-bond donors (Lipinski definition) is 1. The highest BCUT2D eigenvalue weighted by atomic mass is 32.1. The van der Waals surface area contributed by atoms with Crippen molar-refractivity contribution in [3.8, 4) is 5.75 Å². The number of methoxy groups -OCH3 is 1. The zero-order valence-electron chi connectivity index (χ0n) is 16.8. The summed E-state index contributed by atoms with van der Waals surface area (Å²) in [5, 5.41) is 6.46. The summed E-state index contributed by atoms with van der Waals surface area (Å²) in [6.45, 7) is 1.61. The lowest BCUT2D eigenvalue weighted by Crippen LogP contribution is -2.40. The van der Waals surface area contributed by atoms with Crippen molar-refractivity contribution in [2.45, 2.75) is 19.0 Å². The summed E-state index contributed by atoms with van der Waals surface area (Å²) in [5.74, 6) is 0.354. The van der Waals surface area contributed by atoms with Gasteiger partial charge in [-0.1, -0.05) is 18.2 Å². The summed E-state index contributed by atoms with van der Waals surface area (Å²) in [7, 11) is 1.61. The molecule has 0 aliphatic carbocycles. The molecule has 1 saturated heterocycles. The van der Waals surface area contributed by atoms with E-state index in [1.807, 2.05) is 36.4 Å². The largest absolute Gasteiger partial charge is 0.497 e. The molecule has 2 aromatic carbocycles. The molecule has 2 aromatic heterocycles. The highest BCUT2D eigenvalue weighted by Gasteiger charge is 2.49. The molecule has 0 saturated carbocycles. The van der Waals surface area contributed by atoms with Crippen LogP contribution in [0.1, 0.15) is 18.2 Å². The number of carbonyl (C=O) groups excluding carboxylic acids is 2. The average Bonchev–Trinajstić information content (AvgIpc) is 3.32. The molecule has 0 unspecified atom stereocenters. The Labute approximate surface area is 180 Å². The molecule has 0 bridgehead atoms. The lowest BCUT2D eigenvalue weighted by Gasteiger charge is -2.22. The Morgan fingerprint density at radius 2 is 1.87 bits per heavy atom. The van der Waals surface area contributed by atoms with Gasteiger partial charge in [0.25, 0.3) is 11.5 Å². The van der Waals surface area contributed by atoms with Crippen LogP contribution in [-0.4, -0.2) is 33.3 Å². The van der Waals surface area contributed by atoms with Crippen LogP contribution in [0.5, 0.6) is 5.75 Å². The highest BCUT2D eigenvalue weighted by Crippen LogP contribution is 2.32. The number of urea groups is 1. The van der Waals surface area contributed by atoms with Crippen LogP contribution in [0.15, 0.2) is 58.8 Å². The molecule has 31 heavy (non-hydrogen) atoms. The van der Waals surface area contributed by atoms with Crippen molar-refractivity contribution in [3.05, 3.63) is 75.7 Å². The van der Waals surface area contributed by atoms with Crippen LogP contribution in [0.4, 0.5) is 4.79 Å². The molecule has 0 radical (unpaired) electrons. The fraction of sp³-hybridized carbons (Fsp3) is 0.182. The van der Waals surface area contributed by atoms with Crippen molar-refractivity contribution in [3.63, 3.8) is 0 Å². The molecule has 1 aliphatic rings. The van der Waals surface area contributed by atoms with Crippen molar-refractivity contribution in [1.29, 1.82) is 0 Å². The molecule has 3 heterocycles. The smallest absolute Gasteiger partial charge is 0.325 e. The highest BCUT2D eigenvalue weighted by molar-refractivity contribution is 7.15. The Balaban J connectivity index is 1.48. The van der Waals surface area contributed by atoms with Gasteiger partial charge in [-0.15, -0.1) is 11.3 Å². The monoisotopic (exact) mass is 434 g/mol. The number of imide groups is 1. The van der Waals surface area contributed by atoms with E-state index in [4.69, 9.17) is 4.74 Å². The van der Waals surface area contributed by atoms with Crippen molar-refractivity contribution in [2.24, 2.45) is 0 Å². The molecule has 1 aliphatic heterocycles. The molecule has 0 spiro atoms. The predicted molar refractivity (Wildman–Crippen MR) is 116 cm³/mol. The second kappa shape index (κ2) is 6.92. The molecular formula is C22H18N4O4S. The summed E-state index contributed by atoms with van der Waals surface area (Å²) >= 11 is 1.31. The fourth-order valence-electron chi connectivity index (χ4n) is 3.83. The first kappa shape index (κ1) is 19.3. The van der Waals surface area contributed by atoms with E-state index in [2.05, 4.69) is 10.3 Å². The minimum atomic E-state index is -1.22. The first-order valence-corrected chi connectivity index (χ1v) is 10.5. The summed E-state index contributed by atoms with van der Waals surface area (Å²) in [6, 6.07) is 12.1. The summed E-state index contributed by atoms with van der Waals surface area (Å²) in [5.41, 5.74) is -0.424. The van der Waals surface area contributed by atoms with E-state index in [9.17, 15) is 14.4 Å². The van der Waals surface area contributed by atoms with E-state index in [1.165, 1.54) is 21.8 Å². The first-order chi connectivity index (χ1) is 14.9. The van der Waals surface area contributed by atoms with Gasteiger partial charge in [0.05, 0.1) is 19.3 Å². The molecule has 5 rings (SSSR count).